The standard InChI is InChI=1S/C19H20N2O3/c20-19(23)15-8-6-14(7-9-15)12-21(16-10-11-16)18(22)13-24-17-4-2-1-3-5-17/h1-9,16H,10-13H2,(H2,20,23). The molecule has 124 valence electrons. The van der Waals surface area contributed by atoms with Gasteiger partial charge in [0.05, 0.1) is 0 Å². The van der Waals surface area contributed by atoms with E-state index in [9.17, 15) is 9.59 Å². The van der Waals surface area contributed by atoms with Gasteiger partial charge in [0, 0.05) is 18.2 Å². The van der Waals surface area contributed by atoms with Gasteiger partial charge in [0.15, 0.2) is 6.61 Å². The molecule has 3 rings (SSSR count). The summed E-state index contributed by atoms with van der Waals surface area (Å²) in [6.07, 6.45) is 2.05. The van der Waals surface area contributed by atoms with Crippen molar-refractivity contribution in [3.63, 3.8) is 0 Å². The maximum Gasteiger partial charge on any atom is 0.261 e. The number of primary amides is 1. The smallest absolute Gasteiger partial charge is 0.261 e. The summed E-state index contributed by atoms with van der Waals surface area (Å²) < 4.78 is 5.56. The molecule has 1 saturated carbocycles. The Morgan fingerprint density at radius 2 is 1.71 bits per heavy atom. The monoisotopic (exact) mass is 324 g/mol. The average Bonchev–Trinajstić information content (AvgIpc) is 3.44. The second-order valence-corrected chi connectivity index (χ2v) is 5.92. The van der Waals surface area contributed by atoms with Crippen LogP contribution in [0.4, 0.5) is 0 Å². The molecule has 0 saturated heterocycles. The molecule has 0 aliphatic heterocycles. The number of ether oxygens (including phenoxy) is 1. The topological polar surface area (TPSA) is 72.6 Å². The molecule has 5 nitrogen and oxygen atoms in total. The van der Waals surface area contributed by atoms with Gasteiger partial charge in [-0.25, -0.2) is 0 Å². The summed E-state index contributed by atoms with van der Waals surface area (Å²) in [4.78, 5) is 25.5. The van der Waals surface area contributed by atoms with Crippen molar-refractivity contribution < 1.29 is 14.3 Å². The first-order chi connectivity index (χ1) is 11.6. The molecule has 1 aliphatic carbocycles. The van der Waals surface area contributed by atoms with Gasteiger partial charge < -0.3 is 15.4 Å². The second-order valence-electron chi connectivity index (χ2n) is 5.92. The molecule has 24 heavy (non-hydrogen) atoms. The molecule has 0 bridgehead atoms. The number of rotatable bonds is 7. The van der Waals surface area contributed by atoms with Gasteiger partial charge in [-0.2, -0.15) is 0 Å². The van der Waals surface area contributed by atoms with E-state index in [1.807, 2.05) is 47.4 Å². The van der Waals surface area contributed by atoms with Crippen LogP contribution in [-0.2, 0) is 11.3 Å². The van der Waals surface area contributed by atoms with Crippen molar-refractivity contribution in [1.82, 2.24) is 4.90 Å². The largest absolute Gasteiger partial charge is 0.484 e. The van der Waals surface area contributed by atoms with E-state index >= 15 is 0 Å². The van der Waals surface area contributed by atoms with Gasteiger partial charge in [0.25, 0.3) is 5.91 Å². The zero-order valence-electron chi connectivity index (χ0n) is 13.4. The highest BCUT2D eigenvalue weighted by Gasteiger charge is 2.32. The van der Waals surface area contributed by atoms with E-state index in [4.69, 9.17) is 10.5 Å². The lowest BCUT2D eigenvalue weighted by Crippen LogP contribution is -2.36. The van der Waals surface area contributed by atoms with Gasteiger partial charge >= 0.3 is 0 Å². The summed E-state index contributed by atoms with van der Waals surface area (Å²) in [6.45, 7) is 0.542. The number of para-hydroxylation sites is 1. The van der Waals surface area contributed by atoms with Gasteiger partial charge in [0.2, 0.25) is 5.91 Å². The van der Waals surface area contributed by atoms with Crippen LogP contribution in [0, 0.1) is 0 Å². The van der Waals surface area contributed by atoms with Crippen molar-refractivity contribution in [1.29, 1.82) is 0 Å². The molecule has 2 N–H and O–H groups in total. The first-order valence-electron chi connectivity index (χ1n) is 7.99. The molecule has 1 fully saturated rings. The fourth-order valence-corrected chi connectivity index (χ4v) is 2.52. The predicted molar refractivity (Wildman–Crippen MR) is 90.5 cm³/mol. The fraction of sp³-hybridized carbons (Fsp3) is 0.263. The van der Waals surface area contributed by atoms with Crippen LogP contribution in [-0.4, -0.2) is 29.4 Å². The van der Waals surface area contributed by atoms with Gasteiger partial charge in [-0.15, -0.1) is 0 Å². The van der Waals surface area contributed by atoms with Crippen LogP contribution >= 0.6 is 0 Å². The highest BCUT2D eigenvalue weighted by Crippen LogP contribution is 2.28. The minimum Gasteiger partial charge on any atom is -0.484 e. The van der Waals surface area contributed by atoms with E-state index in [0.717, 1.165) is 18.4 Å². The second kappa shape index (κ2) is 7.17. The molecule has 2 amide bonds. The van der Waals surface area contributed by atoms with Crippen molar-refractivity contribution >= 4 is 11.8 Å². The fourth-order valence-electron chi connectivity index (χ4n) is 2.52. The summed E-state index contributed by atoms with van der Waals surface area (Å²) in [5, 5.41) is 0. The van der Waals surface area contributed by atoms with Crippen LogP contribution < -0.4 is 10.5 Å². The number of hydrogen-bond acceptors (Lipinski definition) is 3. The van der Waals surface area contributed by atoms with Crippen LogP contribution in [0.25, 0.3) is 0 Å². The van der Waals surface area contributed by atoms with E-state index in [2.05, 4.69) is 0 Å². The van der Waals surface area contributed by atoms with Gasteiger partial charge in [-0.1, -0.05) is 30.3 Å². The molecule has 1 aliphatic rings. The Hall–Kier alpha value is -2.82. The van der Waals surface area contributed by atoms with Crippen molar-refractivity contribution in [2.75, 3.05) is 6.61 Å². The van der Waals surface area contributed by atoms with Gasteiger partial charge in [-0.05, 0) is 42.7 Å². The summed E-state index contributed by atoms with van der Waals surface area (Å²) in [5.74, 6) is 0.209. The Morgan fingerprint density at radius 3 is 2.29 bits per heavy atom. The Balaban J connectivity index is 1.61. The number of carbonyl (C=O) groups excluding carboxylic acids is 2. The van der Waals surface area contributed by atoms with Crippen LogP contribution in [0.2, 0.25) is 0 Å². The Morgan fingerprint density at radius 1 is 1.04 bits per heavy atom. The van der Waals surface area contributed by atoms with E-state index in [1.54, 1.807) is 12.1 Å². The summed E-state index contributed by atoms with van der Waals surface area (Å²) in [6, 6.07) is 16.6. The van der Waals surface area contributed by atoms with Crippen LogP contribution in [0.3, 0.4) is 0 Å². The summed E-state index contributed by atoms with van der Waals surface area (Å²) in [5.41, 5.74) is 6.69. The molecule has 0 radical (unpaired) electrons. The van der Waals surface area contributed by atoms with Crippen molar-refractivity contribution in [2.45, 2.75) is 25.4 Å². The maximum absolute atomic E-state index is 12.5. The third-order valence-corrected chi connectivity index (χ3v) is 4.00. The third kappa shape index (κ3) is 4.13. The molecule has 0 aromatic heterocycles. The highest BCUT2D eigenvalue weighted by atomic mass is 16.5. The Bertz CT molecular complexity index is 709. The average molecular weight is 324 g/mol. The number of amides is 2. The number of hydrogen-bond donors (Lipinski definition) is 1. The lowest BCUT2D eigenvalue weighted by atomic mass is 10.1. The molecule has 5 heteroatoms. The van der Waals surface area contributed by atoms with Crippen LogP contribution in [0.1, 0.15) is 28.8 Å². The first-order valence-corrected chi connectivity index (χ1v) is 7.99. The van der Waals surface area contributed by atoms with Crippen molar-refractivity contribution in [3.05, 3.63) is 65.7 Å². The normalized spacial score (nSPS) is 13.3. The molecular formula is C19H20N2O3. The zero-order valence-corrected chi connectivity index (χ0v) is 13.4. The number of carbonyl (C=O) groups is 2. The Labute approximate surface area is 141 Å². The minimum atomic E-state index is -0.451. The quantitative estimate of drug-likeness (QED) is 0.850. The van der Waals surface area contributed by atoms with E-state index in [-0.39, 0.29) is 18.6 Å². The van der Waals surface area contributed by atoms with E-state index in [0.29, 0.717) is 17.9 Å². The predicted octanol–water partition coefficient (Wildman–Crippen LogP) is 2.36. The molecule has 0 atom stereocenters. The highest BCUT2D eigenvalue weighted by molar-refractivity contribution is 5.92. The molecule has 0 spiro atoms. The lowest BCUT2D eigenvalue weighted by Gasteiger charge is -2.22. The molecule has 2 aromatic carbocycles. The number of nitrogens with zero attached hydrogens (tertiary/aromatic N) is 1. The van der Waals surface area contributed by atoms with Crippen LogP contribution in [0.15, 0.2) is 54.6 Å². The van der Waals surface area contributed by atoms with E-state index in [1.165, 1.54) is 0 Å². The van der Waals surface area contributed by atoms with Gasteiger partial charge in [0.1, 0.15) is 5.75 Å². The SMILES string of the molecule is NC(=O)c1ccc(CN(C(=O)COc2ccccc2)C2CC2)cc1. The molecule has 0 heterocycles. The summed E-state index contributed by atoms with van der Waals surface area (Å²) in [7, 11) is 0. The first kappa shape index (κ1) is 16.1. The molecule has 0 unspecified atom stereocenters. The molecular weight excluding hydrogens is 304 g/mol. The minimum absolute atomic E-state index is 0.0275. The maximum atomic E-state index is 12.5. The van der Waals surface area contributed by atoms with E-state index < -0.39 is 5.91 Å². The zero-order chi connectivity index (χ0) is 16.9. The molecule has 2 aromatic rings. The summed E-state index contributed by atoms with van der Waals surface area (Å²) >= 11 is 0. The van der Waals surface area contributed by atoms with Gasteiger partial charge in [-0.3, -0.25) is 9.59 Å². The lowest BCUT2D eigenvalue weighted by molar-refractivity contribution is -0.134. The number of benzene rings is 2. The third-order valence-electron chi connectivity index (χ3n) is 4.00. The number of nitrogens with two attached hydrogens (primary N) is 1. The van der Waals surface area contributed by atoms with Crippen molar-refractivity contribution in [3.8, 4) is 5.75 Å². The van der Waals surface area contributed by atoms with Crippen molar-refractivity contribution in [2.24, 2.45) is 5.73 Å². The Kier molecular flexibility index (Phi) is 4.79. The van der Waals surface area contributed by atoms with Crippen LogP contribution in [0.5, 0.6) is 5.75 Å².